The van der Waals surface area contributed by atoms with Gasteiger partial charge in [0, 0.05) is 5.41 Å². The fourth-order valence-corrected chi connectivity index (χ4v) is 1.95. The number of hydrogen-bond acceptors (Lipinski definition) is 2. The Balaban J connectivity index is 2.31. The van der Waals surface area contributed by atoms with Crippen LogP contribution in [0.1, 0.15) is 38.7 Å². The van der Waals surface area contributed by atoms with Crippen molar-refractivity contribution in [2.75, 3.05) is 6.61 Å². The molecule has 2 nitrogen and oxygen atoms in total. The second kappa shape index (κ2) is 8.13. The number of rotatable bonds is 9. The largest absolute Gasteiger partial charge is 0.392 e. The monoisotopic (exact) mass is 262 g/mol. The van der Waals surface area contributed by atoms with Crippen molar-refractivity contribution < 1.29 is 9.84 Å². The molecule has 1 atom stereocenters. The molecule has 19 heavy (non-hydrogen) atoms. The smallest absolute Gasteiger partial charge is 0.0717 e. The molecule has 0 fully saturated rings. The highest BCUT2D eigenvalue weighted by molar-refractivity contribution is 5.13. The van der Waals surface area contributed by atoms with Crippen LogP contribution in [0.25, 0.3) is 0 Å². The Morgan fingerprint density at radius 1 is 1.32 bits per heavy atom. The number of benzene rings is 1. The van der Waals surface area contributed by atoms with E-state index in [0.29, 0.717) is 13.2 Å². The van der Waals surface area contributed by atoms with Gasteiger partial charge in [0.25, 0.3) is 0 Å². The van der Waals surface area contributed by atoms with Gasteiger partial charge in [-0.25, -0.2) is 0 Å². The van der Waals surface area contributed by atoms with E-state index >= 15 is 0 Å². The molecule has 0 unspecified atom stereocenters. The van der Waals surface area contributed by atoms with Crippen molar-refractivity contribution in [1.82, 2.24) is 0 Å². The van der Waals surface area contributed by atoms with E-state index in [4.69, 9.17) is 4.74 Å². The number of ether oxygens (including phenoxy) is 1. The Bertz CT molecular complexity index is 357. The molecule has 1 N–H and O–H groups in total. The van der Waals surface area contributed by atoms with Gasteiger partial charge in [0.2, 0.25) is 0 Å². The van der Waals surface area contributed by atoms with Gasteiger partial charge in [0.05, 0.1) is 19.3 Å². The van der Waals surface area contributed by atoms with Crippen molar-refractivity contribution in [2.45, 2.75) is 45.8 Å². The van der Waals surface area contributed by atoms with Crippen LogP contribution in [0.5, 0.6) is 0 Å². The first-order chi connectivity index (χ1) is 9.06. The van der Waals surface area contributed by atoms with E-state index in [9.17, 15) is 5.11 Å². The highest BCUT2D eigenvalue weighted by Crippen LogP contribution is 2.25. The average Bonchev–Trinajstić information content (AvgIpc) is 2.40. The fourth-order valence-electron chi connectivity index (χ4n) is 1.95. The number of allylic oxidation sites excluding steroid dienone is 1. The molecule has 1 aromatic rings. The minimum absolute atomic E-state index is 0.212. The maximum atomic E-state index is 10.2. The van der Waals surface area contributed by atoms with Crippen molar-refractivity contribution in [1.29, 1.82) is 0 Å². The van der Waals surface area contributed by atoms with Gasteiger partial charge in [-0.05, 0) is 24.8 Å². The summed E-state index contributed by atoms with van der Waals surface area (Å²) in [6, 6.07) is 10.1. The summed E-state index contributed by atoms with van der Waals surface area (Å²) in [5.74, 6) is 0. The molecule has 0 saturated carbocycles. The molecule has 1 aromatic carbocycles. The van der Waals surface area contributed by atoms with Crippen LogP contribution in [-0.4, -0.2) is 17.8 Å². The van der Waals surface area contributed by atoms with Gasteiger partial charge >= 0.3 is 0 Å². The predicted molar refractivity (Wildman–Crippen MR) is 79.9 cm³/mol. The molecule has 106 valence electrons. The molecule has 0 bridgehead atoms. The first kappa shape index (κ1) is 15.9. The van der Waals surface area contributed by atoms with Crippen molar-refractivity contribution in [3.8, 4) is 0 Å². The van der Waals surface area contributed by atoms with E-state index < -0.39 is 0 Å². The number of aliphatic hydroxyl groups is 1. The summed E-state index contributed by atoms with van der Waals surface area (Å²) in [6.07, 6.45) is 4.30. The van der Waals surface area contributed by atoms with E-state index in [1.54, 1.807) is 0 Å². The summed E-state index contributed by atoms with van der Waals surface area (Å²) >= 11 is 0. The van der Waals surface area contributed by atoms with Gasteiger partial charge in [-0.1, -0.05) is 50.3 Å². The average molecular weight is 262 g/mol. The Kier molecular flexibility index (Phi) is 6.82. The van der Waals surface area contributed by atoms with Crippen molar-refractivity contribution in [3.05, 3.63) is 48.6 Å². The molecule has 2 heteroatoms. The zero-order valence-electron chi connectivity index (χ0n) is 12.1. The molecule has 1 rings (SSSR count). The van der Waals surface area contributed by atoms with E-state index in [1.165, 1.54) is 5.56 Å². The molecular weight excluding hydrogens is 236 g/mol. The van der Waals surface area contributed by atoms with E-state index in [1.807, 2.05) is 36.4 Å². The van der Waals surface area contributed by atoms with Crippen molar-refractivity contribution >= 4 is 0 Å². The van der Waals surface area contributed by atoms with Crippen LogP contribution in [0.15, 0.2) is 43.0 Å². The van der Waals surface area contributed by atoms with Gasteiger partial charge in [-0.15, -0.1) is 6.58 Å². The summed E-state index contributed by atoms with van der Waals surface area (Å²) in [6.45, 7) is 8.97. The van der Waals surface area contributed by atoms with Gasteiger partial charge < -0.3 is 9.84 Å². The predicted octanol–water partition coefficient (Wildman–Crippen LogP) is 3.95. The third-order valence-electron chi connectivity index (χ3n) is 3.37. The molecule has 0 aliphatic carbocycles. The lowest BCUT2D eigenvalue weighted by Gasteiger charge is -2.30. The minimum Gasteiger partial charge on any atom is -0.392 e. The summed E-state index contributed by atoms with van der Waals surface area (Å²) < 4.78 is 5.73. The zero-order chi connectivity index (χ0) is 14.1. The summed E-state index contributed by atoms with van der Waals surface area (Å²) in [7, 11) is 0. The molecule has 0 saturated heterocycles. The highest BCUT2D eigenvalue weighted by Gasteiger charge is 2.27. The van der Waals surface area contributed by atoms with E-state index in [0.717, 1.165) is 19.3 Å². The molecule has 0 aromatic heterocycles. The van der Waals surface area contributed by atoms with E-state index in [2.05, 4.69) is 20.4 Å². The summed E-state index contributed by atoms with van der Waals surface area (Å²) in [4.78, 5) is 0. The zero-order valence-corrected chi connectivity index (χ0v) is 12.1. The molecule has 0 aliphatic rings. The Hall–Kier alpha value is -1.12. The Labute approximate surface area is 117 Å². The van der Waals surface area contributed by atoms with Gasteiger partial charge in [0.1, 0.15) is 0 Å². The van der Waals surface area contributed by atoms with Crippen LogP contribution < -0.4 is 0 Å². The Morgan fingerprint density at radius 2 is 2.00 bits per heavy atom. The third kappa shape index (κ3) is 6.04. The number of unbranched alkanes of at least 4 members (excludes halogenated alkanes) is 1. The third-order valence-corrected chi connectivity index (χ3v) is 3.37. The lowest BCUT2D eigenvalue weighted by atomic mass is 9.85. The summed E-state index contributed by atoms with van der Waals surface area (Å²) in [5, 5.41) is 10.2. The van der Waals surface area contributed by atoms with Gasteiger partial charge in [-0.3, -0.25) is 0 Å². The van der Waals surface area contributed by atoms with Gasteiger partial charge in [0.15, 0.2) is 0 Å². The first-order valence-corrected chi connectivity index (χ1v) is 6.97. The molecule has 0 aliphatic heterocycles. The van der Waals surface area contributed by atoms with Crippen LogP contribution >= 0.6 is 0 Å². The normalized spacial score (nSPS) is 13.2. The number of hydrogen-bond donors (Lipinski definition) is 1. The Morgan fingerprint density at radius 3 is 2.63 bits per heavy atom. The highest BCUT2D eigenvalue weighted by atomic mass is 16.5. The second-order valence-corrected chi connectivity index (χ2v) is 5.70. The van der Waals surface area contributed by atoms with E-state index in [-0.39, 0.29) is 11.5 Å². The quantitative estimate of drug-likeness (QED) is 0.539. The molecule has 0 radical (unpaired) electrons. The molecule has 0 spiro atoms. The van der Waals surface area contributed by atoms with Crippen LogP contribution in [0.2, 0.25) is 0 Å². The fraction of sp³-hybridized carbons (Fsp3) is 0.529. The van der Waals surface area contributed by atoms with Crippen LogP contribution in [0.4, 0.5) is 0 Å². The van der Waals surface area contributed by atoms with Crippen LogP contribution in [0, 0.1) is 5.41 Å². The molecule has 0 heterocycles. The lowest BCUT2D eigenvalue weighted by Crippen LogP contribution is -2.33. The SMILES string of the molecule is C=CCCC[C@@H](O)C(C)(C)COCc1ccccc1. The lowest BCUT2D eigenvalue weighted by molar-refractivity contribution is -0.0328. The maximum Gasteiger partial charge on any atom is 0.0717 e. The van der Waals surface area contributed by atoms with Crippen LogP contribution in [-0.2, 0) is 11.3 Å². The maximum absolute atomic E-state index is 10.2. The van der Waals surface area contributed by atoms with Gasteiger partial charge in [-0.2, -0.15) is 0 Å². The first-order valence-electron chi connectivity index (χ1n) is 6.97. The second-order valence-electron chi connectivity index (χ2n) is 5.70. The standard InChI is InChI=1S/C17H26O2/c1-4-5-7-12-16(18)17(2,3)14-19-13-15-10-8-6-9-11-15/h4,6,8-11,16,18H,1,5,7,12-14H2,2-3H3/t16-/m1/s1. The number of aliphatic hydroxyl groups excluding tert-OH is 1. The van der Waals surface area contributed by atoms with Crippen molar-refractivity contribution in [2.24, 2.45) is 5.41 Å². The molecular formula is C17H26O2. The molecule has 0 amide bonds. The topological polar surface area (TPSA) is 29.5 Å². The minimum atomic E-state index is -0.330. The van der Waals surface area contributed by atoms with Crippen molar-refractivity contribution in [3.63, 3.8) is 0 Å². The van der Waals surface area contributed by atoms with Crippen LogP contribution in [0.3, 0.4) is 0 Å². The summed E-state index contributed by atoms with van der Waals surface area (Å²) in [5.41, 5.74) is 0.954.